The first-order chi connectivity index (χ1) is 9.49. The lowest BCUT2D eigenvalue weighted by atomic mass is 10.1. The first-order valence-electron chi connectivity index (χ1n) is 5.58. The summed E-state index contributed by atoms with van der Waals surface area (Å²) in [5.74, 6) is -1.61. The number of carbonyl (C=O) groups is 2. The van der Waals surface area contributed by atoms with Gasteiger partial charge >= 0.3 is 5.97 Å². The van der Waals surface area contributed by atoms with Crippen molar-refractivity contribution in [3.05, 3.63) is 58.6 Å². The highest BCUT2D eigenvalue weighted by molar-refractivity contribution is 6.30. The molecule has 0 bridgehead atoms. The van der Waals surface area contributed by atoms with Gasteiger partial charge in [-0.25, -0.2) is 4.79 Å². The van der Waals surface area contributed by atoms with Crippen LogP contribution < -0.4 is 10.5 Å². The third kappa shape index (κ3) is 2.89. The van der Waals surface area contributed by atoms with Crippen LogP contribution in [-0.4, -0.2) is 17.0 Å². The van der Waals surface area contributed by atoms with Crippen molar-refractivity contribution in [2.24, 2.45) is 5.73 Å². The van der Waals surface area contributed by atoms with Gasteiger partial charge in [-0.05, 0) is 24.3 Å². The highest BCUT2D eigenvalue weighted by Crippen LogP contribution is 2.30. The zero-order chi connectivity index (χ0) is 14.7. The molecule has 0 saturated carbocycles. The molecule has 0 aliphatic heterocycles. The number of hydrogen-bond acceptors (Lipinski definition) is 3. The number of nitrogens with two attached hydrogens (primary N) is 1. The molecule has 5 nitrogen and oxygen atoms in total. The first-order valence-corrected chi connectivity index (χ1v) is 5.96. The predicted molar refractivity (Wildman–Crippen MR) is 73.4 cm³/mol. The summed E-state index contributed by atoms with van der Waals surface area (Å²) in [6.07, 6.45) is 0. The van der Waals surface area contributed by atoms with Crippen LogP contribution in [0.2, 0.25) is 5.02 Å². The predicted octanol–water partition coefficient (Wildman–Crippen LogP) is 2.93. The van der Waals surface area contributed by atoms with E-state index in [4.69, 9.17) is 27.2 Å². The van der Waals surface area contributed by atoms with E-state index < -0.39 is 11.9 Å². The lowest BCUT2D eigenvalue weighted by Crippen LogP contribution is -2.12. The van der Waals surface area contributed by atoms with Gasteiger partial charge in [-0.2, -0.15) is 0 Å². The molecule has 2 aromatic carbocycles. The molecule has 0 aliphatic rings. The van der Waals surface area contributed by atoms with Crippen LogP contribution in [-0.2, 0) is 0 Å². The number of aromatic carboxylic acids is 1. The summed E-state index contributed by atoms with van der Waals surface area (Å²) < 4.78 is 5.48. The minimum atomic E-state index is -1.16. The number of ether oxygens (including phenoxy) is 1. The second-order valence-electron chi connectivity index (χ2n) is 3.91. The first kappa shape index (κ1) is 13.9. The molecule has 3 N–H and O–H groups in total. The standard InChI is InChI=1S/C14H10ClNO4/c15-8-5-6-10(14(18)19)12(7-8)20-11-4-2-1-3-9(11)13(16)17/h1-7H,(H2,16,17)(H,18,19). The van der Waals surface area contributed by atoms with Crippen LogP contribution in [0.15, 0.2) is 42.5 Å². The van der Waals surface area contributed by atoms with Gasteiger partial charge in [-0.3, -0.25) is 4.79 Å². The zero-order valence-electron chi connectivity index (χ0n) is 10.2. The van der Waals surface area contributed by atoms with Gasteiger partial charge < -0.3 is 15.6 Å². The molecule has 6 heteroatoms. The fourth-order valence-electron chi connectivity index (χ4n) is 1.63. The summed E-state index contributed by atoms with van der Waals surface area (Å²) in [4.78, 5) is 22.4. The zero-order valence-corrected chi connectivity index (χ0v) is 10.9. The van der Waals surface area contributed by atoms with Gasteiger partial charge in [-0.1, -0.05) is 23.7 Å². The van der Waals surface area contributed by atoms with Crippen molar-refractivity contribution < 1.29 is 19.4 Å². The van der Waals surface area contributed by atoms with Crippen molar-refractivity contribution in [1.29, 1.82) is 0 Å². The quantitative estimate of drug-likeness (QED) is 0.906. The van der Waals surface area contributed by atoms with E-state index in [1.165, 1.54) is 30.3 Å². The summed E-state index contributed by atoms with van der Waals surface area (Å²) in [6.45, 7) is 0. The van der Waals surface area contributed by atoms with Crippen LogP contribution in [0, 0.1) is 0 Å². The van der Waals surface area contributed by atoms with E-state index in [2.05, 4.69) is 0 Å². The molecular weight excluding hydrogens is 282 g/mol. The highest BCUT2D eigenvalue weighted by atomic mass is 35.5. The van der Waals surface area contributed by atoms with Gasteiger partial charge in [0.25, 0.3) is 5.91 Å². The molecule has 0 heterocycles. The Hall–Kier alpha value is -2.53. The molecule has 20 heavy (non-hydrogen) atoms. The van der Waals surface area contributed by atoms with E-state index in [-0.39, 0.29) is 22.6 Å². The summed E-state index contributed by atoms with van der Waals surface area (Å²) in [5.41, 5.74) is 5.33. The molecule has 1 amide bonds. The summed E-state index contributed by atoms with van der Waals surface area (Å²) >= 11 is 5.83. The second-order valence-corrected chi connectivity index (χ2v) is 4.34. The summed E-state index contributed by atoms with van der Waals surface area (Å²) in [5, 5.41) is 9.42. The third-order valence-electron chi connectivity index (χ3n) is 2.55. The van der Waals surface area contributed by atoms with E-state index >= 15 is 0 Å². The summed E-state index contributed by atoms with van der Waals surface area (Å²) in [6, 6.07) is 10.4. The lowest BCUT2D eigenvalue weighted by Gasteiger charge is -2.11. The van der Waals surface area contributed by atoms with Gasteiger partial charge in [0.2, 0.25) is 0 Å². The Morgan fingerprint density at radius 2 is 1.75 bits per heavy atom. The fraction of sp³-hybridized carbons (Fsp3) is 0. The van der Waals surface area contributed by atoms with Crippen LogP contribution >= 0.6 is 11.6 Å². The monoisotopic (exact) mass is 291 g/mol. The molecule has 2 rings (SSSR count). The van der Waals surface area contributed by atoms with Crippen molar-refractivity contribution in [3.8, 4) is 11.5 Å². The van der Waals surface area contributed by atoms with Crippen LogP contribution in [0.5, 0.6) is 11.5 Å². The van der Waals surface area contributed by atoms with Crippen molar-refractivity contribution in [2.45, 2.75) is 0 Å². The van der Waals surface area contributed by atoms with Gasteiger partial charge in [0.15, 0.2) is 0 Å². The molecule has 0 unspecified atom stereocenters. The molecule has 0 atom stereocenters. The maximum Gasteiger partial charge on any atom is 0.339 e. The number of carboxylic acids is 1. The van der Waals surface area contributed by atoms with Crippen LogP contribution in [0.25, 0.3) is 0 Å². The van der Waals surface area contributed by atoms with Crippen LogP contribution in [0.1, 0.15) is 20.7 Å². The van der Waals surface area contributed by atoms with Crippen molar-refractivity contribution in [2.75, 3.05) is 0 Å². The van der Waals surface area contributed by atoms with Crippen molar-refractivity contribution in [1.82, 2.24) is 0 Å². The Kier molecular flexibility index (Phi) is 3.91. The number of para-hydroxylation sites is 1. The fourth-order valence-corrected chi connectivity index (χ4v) is 1.80. The van der Waals surface area contributed by atoms with Gasteiger partial charge in [-0.15, -0.1) is 0 Å². The smallest absolute Gasteiger partial charge is 0.339 e. The van der Waals surface area contributed by atoms with Crippen molar-refractivity contribution in [3.63, 3.8) is 0 Å². The molecule has 2 aromatic rings. The maximum absolute atomic E-state index is 11.3. The van der Waals surface area contributed by atoms with Gasteiger partial charge in [0, 0.05) is 11.1 Å². The number of rotatable bonds is 4. The number of hydrogen-bond donors (Lipinski definition) is 2. The molecule has 0 aliphatic carbocycles. The number of halogens is 1. The van der Waals surface area contributed by atoms with E-state index in [0.29, 0.717) is 5.02 Å². The Balaban J connectivity index is 2.47. The third-order valence-corrected chi connectivity index (χ3v) is 2.78. The molecule has 0 spiro atoms. The van der Waals surface area contributed by atoms with E-state index in [9.17, 15) is 9.59 Å². The topological polar surface area (TPSA) is 89.6 Å². The maximum atomic E-state index is 11.3. The Labute approximate surface area is 119 Å². The largest absolute Gasteiger partial charge is 0.478 e. The molecule has 102 valence electrons. The Morgan fingerprint density at radius 1 is 1.05 bits per heavy atom. The number of amides is 1. The lowest BCUT2D eigenvalue weighted by molar-refractivity contribution is 0.0694. The molecule has 0 aromatic heterocycles. The summed E-state index contributed by atoms with van der Waals surface area (Å²) in [7, 11) is 0. The normalized spacial score (nSPS) is 10.1. The van der Waals surface area contributed by atoms with Crippen LogP contribution in [0.4, 0.5) is 0 Å². The molecule has 0 radical (unpaired) electrons. The van der Waals surface area contributed by atoms with E-state index in [1.807, 2.05) is 0 Å². The Bertz CT molecular complexity index is 685. The number of carbonyl (C=O) groups excluding carboxylic acids is 1. The Morgan fingerprint density at radius 3 is 2.40 bits per heavy atom. The molecule has 0 fully saturated rings. The average molecular weight is 292 g/mol. The minimum Gasteiger partial charge on any atom is -0.478 e. The molecule has 0 saturated heterocycles. The van der Waals surface area contributed by atoms with Gasteiger partial charge in [0.05, 0.1) is 5.56 Å². The minimum absolute atomic E-state index is 0.0405. The van der Waals surface area contributed by atoms with Crippen molar-refractivity contribution >= 4 is 23.5 Å². The van der Waals surface area contributed by atoms with E-state index in [0.717, 1.165) is 0 Å². The molecular formula is C14H10ClNO4. The SMILES string of the molecule is NC(=O)c1ccccc1Oc1cc(Cl)ccc1C(=O)O. The number of carboxylic acid groups (broad SMARTS) is 1. The number of benzene rings is 2. The second kappa shape index (κ2) is 5.63. The highest BCUT2D eigenvalue weighted by Gasteiger charge is 2.15. The number of primary amides is 1. The average Bonchev–Trinajstić information content (AvgIpc) is 2.38. The van der Waals surface area contributed by atoms with E-state index in [1.54, 1.807) is 12.1 Å². The van der Waals surface area contributed by atoms with Gasteiger partial charge in [0.1, 0.15) is 17.1 Å². The van der Waals surface area contributed by atoms with Crippen LogP contribution in [0.3, 0.4) is 0 Å².